The topological polar surface area (TPSA) is 66.9 Å². The van der Waals surface area contributed by atoms with Crippen LogP contribution >= 0.6 is 0 Å². The predicted molar refractivity (Wildman–Crippen MR) is 75.7 cm³/mol. The van der Waals surface area contributed by atoms with Crippen LogP contribution in [-0.4, -0.2) is 22.9 Å². The Kier molecular flexibility index (Phi) is 2.16. The van der Waals surface area contributed by atoms with Gasteiger partial charge in [-0.2, -0.15) is 0 Å². The summed E-state index contributed by atoms with van der Waals surface area (Å²) in [5.41, 5.74) is 3.60. The molecular formula is C15H14N4O. The van der Waals surface area contributed by atoms with Crippen LogP contribution in [0.25, 0.3) is 0 Å². The molecule has 1 spiro atoms. The van der Waals surface area contributed by atoms with E-state index in [1.54, 1.807) is 6.20 Å². The number of carbonyl (C=O) groups is 1. The minimum Gasteiger partial charge on any atom is -0.387 e. The van der Waals surface area contributed by atoms with Gasteiger partial charge >= 0.3 is 0 Å². The SMILES string of the molecule is CNc1cnc2c(c1)CC1(C2)C(=O)Nc2ncccc21. The normalized spacial score (nSPS) is 22.6. The van der Waals surface area contributed by atoms with Gasteiger partial charge in [-0.25, -0.2) is 4.98 Å². The van der Waals surface area contributed by atoms with E-state index in [-0.39, 0.29) is 5.91 Å². The minimum atomic E-state index is -0.523. The molecule has 0 fully saturated rings. The van der Waals surface area contributed by atoms with Crippen molar-refractivity contribution in [2.75, 3.05) is 17.7 Å². The summed E-state index contributed by atoms with van der Waals surface area (Å²) in [6.45, 7) is 0. The number of carbonyl (C=O) groups excluding carboxylic acids is 1. The number of nitrogens with zero attached hydrogens (tertiary/aromatic N) is 2. The maximum Gasteiger partial charge on any atom is 0.237 e. The molecule has 5 heteroatoms. The highest BCUT2D eigenvalue weighted by Gasteiger charge is 2.51. The maximum absolute atomic E-state index is 12.5. The zero-order chi connectivity index (χ0) is 13.7. The molecule has 20 heavy (non-hydrogen) atoms. The zero-order valence-electron chi connectivity index (χ0n) is 11.1. The smallest absolute Gasteiger partial charge is 0.237 e. The summed E-state index contributed by atoms with van der Waals surface area (Å²) < 4.78 is 0. The van der Waals surface area contributed by atoms with Crippen LogP contribution in [0.5, 0.6) is 0 Å². The average molecular weight is 266 g/mol. The van der Waals surface area contributed by atoms with E-state index in [2.05, 4.69) is 26.7 Å². The van der Waals surface area contributed by atoms with Gasteiger partial charge in [0.1, 0.15) is 5.82 Å². The summed E-state index contributed by atoms with van der Waals surface area (Å²) in [6, 6.07) is 5.96. The van der Waals surface area contributed by atoms with Crippen LogP contribution in [0, 0.1) is 0 Å². The van der Waals surface area contributed by atoms with E-state index in [0.29, 0.717) is 18.7 Å². The molecule has 100 valence electrons. The first-order chi connectivity index (χ1) is 9.73. The van der Waals surface area contributed by atoms with Crippen molar-refractivity contribution in [1.29, 1.82) is 0 Å². The van der Waals surface area contributed by atoms with E-state index >= 15 is 0 Å². The van der Waals surface area contributed by atoms with Crippen LogP contribution in [0.1, 0.15) is 16.8 Å². The number of anilines is 2. The Morgan fingerprint density at radius 3 is 3.10 bits per heavy atom. The number of hydrogen-bond acceptors (Lipinski definition) is 4. The number of rotatable bonds is 1. The highest BCUT2D eigenvalue weighted by Crippen LogP contribution is 2.46. The van der Waals surface area contributed by atoms with Gasteiger partial charge in [-0.1, -0.05) is 6.07 Å². The van der Waals surface area contributed by atoms with Gasteiger partial charge in [-0.15, -0.1) is 0 Å². The Balaban J connectivity index is 1.83. The summed E-state index contributed by atoms with van der Waals surface area (Å²) in [7, 11) is 1.87. The van der Waals surface area contributed by atoms with Crippen LogP contribution in [0.4, 0.5) is 11.5 Å². The molecule has 2 aromatic rings. The number of pyridine rings is 2. The molecule has 1 aliphatic heterocycles. The van der Waals surface area contributed by atoms with Crippen LogP contribution in [0.15, 0.2) is 30.6 Å². The minimum absolute atomic E-state index is 0.0372. The first-order valence-electron chi connectivity index (χ1n) is 6.65. The molecule has 5 nitrogen and oxygen atoms in total. The molecule has 3 heterocycles. The van der Waals surface area contributed by atoms with Crippen molar-refractivity contribution in [3.63, 3.8) is 0 Å². The highest BCUT2D eigenvalue weighted by molar-refractivity contribution is 6.06. The second-order valence-electron chi connectivity index (χ2n) is 5.37. The molecule has 1 atom stereocenters. The molecule has 0 saturated carbocycles. The zero-order valence-corrected chi connectivity index (χ0v) is 11.1. The average Bonchev–Trinajstić information content (AvgIpc) is 2.98. The van der Waals surface area contributed by atoms with Crippen LogP contribution in [0.3, 0.4) is 0 Å². The Morgan fingerprint density at radius 2 is 2.25 bits per heavy atom. The van der Waals surface area contributed by atoms with Gasteiger partial charge in [0, 0.05) is 30.9 Å². The summed E-state index contributed by atoms with van der Waals surface area (Å²) in [4.78, 5) is 21.2. The lowest BCUT2D eigenvalue weighted by molar-refractivity contribution is -0.120. The van der Waals surface area contributed by atoms with Crippen molar-refractivity contribution in [2.24, 2.45) is 0 Å². The monoisotopic (exact) mass is 266 g/mol. The number of hydrogen-bond donors (Lipinski definition) is 2. The molecule has 0 saturated heterocycles. The lowest BCUT2D eigenvalue weighted by Gasteiger charge is -2.19. The fraction of sp³-hybridized carbons (Fsp3) is 0.267. The largest absolute Gasteiger partial charge is 0.387 e. The van der Waals surface area contributed by atoms with Crippen LogP contribution in [-0.2, 0) is 23.1 Å². The Morgan fingerprint density at radius 1 is 1.35 bits per heavy atom. The van der Waals surface area contributed by atoms with E-state index < -0.39 is 5.41 Å². The van der Waals surface area contributed by atoms with Crippen LogP contribution in [0.2, 0.25) is 0 Å². The van der Waals surface area contributed by atoms with Crippen molar-refractivity contribution in [2.45, 2.75) is 18.3 Å². The molecule has 2 aromatic heterocycles. The molecule has 4 rings (SSSR count). The fourth-order valence-electron chi connectivity index (χ4n) is 3.25. The molecule has 1 amide bonds. The van der Waals surface area contributed by atoms with Gasteiger partial charge < -0.3 is 10.6 Å². The molecule has 0 aromatic carbocycles. The predicted octanol–water partition coefficient (Wildman–Crippen LogP) is 1.51. The first-order valence-corrected chi connectivity index (χ1v) is 6.65. The summed E-state index contributed by atoms with van der Waals surface area (Å²) in [5, 5.41) is 5.99. The van der Waals surface area contributed by atoms with E-state index in [4.69, 9.17) is 0 Å². The Labute approximate surface area is 116 Å². The number of fused-ring (bicyclic) bond motifs is 3. The van der Waals surface area contributed by atoms with Gasteiger partial charge in [-0.05, 0) is 24.1 Å². The number of nitrogens with one attached hydrogen (secondary N) is 2. The standard InChI is InChI=1S/C15H14N4O/c1-16-10-5-9-6-15(7-12(9)18-8-10)11-3-2-4-17-13(11)19-14(15)20/h2-5,8,16H,6-7H2,1H3,(H,17,19,20). The molecule has 0 bridgehead atoms. The molecule has 1 aliphatic carbocycles. The van der Waals surface area contributed by atoms with Crippen molar-refractivity contribution >= 4 is 17.4 Å². The maximum atomic E-state index is 12.5. The molecular weight excluding hydrogens is 252 g/mol. The summed E-state index contributed by atoms with van der Waals surface area (Å²) in [6.07, 6.45) is 4.86. The third-order valence-electron chi connectivity index (χ3n) is 4.30. The third-order valence-corrected chi connectivity index (χ3v) is 4.30. The number of aromatic nitrogens is 2. The van der Waals surface area contributed by atoms with E-state index in [1.165, 1.54) is 0 Å². The fourth-order valence-corrected chi connectivity index (χ4v) is 3.25. The van der Waals surface area contributed by atoms with E-state index in [9.17, 15) is 4.79 Å². The molecule has 2 aliphatic rings. The van der Waals surface area contributed by atoms with Gasteiger partial charge in [0.05, 0.1) is 17.3 Å². The van der Waals surface area contributed by atoms with Crippen molar-refractivity contribution < 1.29 is 4.79 Å². The van der Waals surface area contributed by atoms with Crippen molar-refractivity contribution in [3.8, 4) is 0 Å². The lowest BCUT2D eigenvalue weighted by atomic mass is 9.80. The highest BCUT2D eigenvalue weighted by atomic mass is 16.2. The van der Waals surface area contributed by atoms with Crippen molar-refractivity contribution in [3.05, 3.63) is 47.4 Å². The second-order valence-corrected chi connectivity index (χ2v) is 5.37. The van der Waals surface area contributed by atoms with Crippen LogP contribution < -0.4 is 10.6 Å². The summed E-state index contributed by atoms with van der Waals surface area (Å²) in [5.74, 6) is 0.731. The van der Waals surface area contributed by atoms with Crippen molar-refractivity contribution in [1.82, 2.24) is 9.97 Å². The third kappa shape index (κ3) is 1.35. The molecule has 1 unspecified atom stereocenters. The van der Waals surface area contributed by atoms with Gasteiger partial charge in [0.15, 0.2) is 0 Å². The Bertz CT molecular complexity index is 728. The Hall–Kier alpha value is -2.43. The van der Waals surface area contributed by atoms with Gasteiger partial charge in [-0.3, -0.25) is 9.78 Å². The van der Waals surface area contributed by atoms with E-state index in [0.717, 1.165) is 22.5 Å². The van der Waals surface area contributed by atoms with E-state index in [1.807, 2.05) is 25.4 Å². The number of amides is 1. The second kappa shape index (κ2) is 3.79. The van der Waals surface area contributed by atoms with Gasteiger partial charge in [0.25, 0.3) is 0 Å². The lowest BCUT2D eigenvalue weighted by Crippen LogP contribution is -2.35. The quantitative estimate of drug-likeness (QED) is 0.821. The summed E-state index contributed by atoms with van der Waals surface area (Å²) >= 11 is 0. The first kappa shape index (κ1) is 11.4. The molecule has 2 N–H and O–H groups in total. The van der Waals surface area contributed by atoms with Gasteiger partial charge in [0.2, 0.25) is 5.91 Å². The molecule has 0 radical (unpaired) electrons.